The summed E-state index contributed by atoms with van der Waals surface area (Å²) < 4.78 is 22.8. The summed E-state index contributed by atoms with van der Waals surface area (Å²) >= 11 is 1.23. The highest BCUT2D eigenvalue weighted by Gasteiger charge is 2.28. The molecule has 1 aliphatic rings. The average molecular weight is 406 g/mol. The van der Waals surface area contributed by atoms with Crippen molar-refractivity contribution in [3.63, 3.8) is 0 Å². The monoisotopic (exact) mass is 406 g/mol. The van der Waals surface area contributed by atoms with E-state index in [1.807, 2.05) is 0 Å². The Morgan fingerprint density at radius 2 is 1.89 bits per heavy atom. The summed E-state index contributed by atoms with van der Waals surface area (Å²) in [6, 6.07) is 5.78. The van der Waals surface area contributed by atoms with E-state index in [4.69, 9.17) is 9.47 Å². The zero-order valence-corrected chi connectivity index (χ0v) is 16.0. The molecule has 28 heavy (non-hydrogen) atoms. The first-order chi connectivity index (χ1) is 13.5. The van der Waals surface area contributed by atoms with Crippen LogP contribution in [0.15, 0.2) is 29.6 Å². The Labute approximate surface area is 165 Å². The number of carbonyl (C=O) groups excluding carboxylic acids is 3. The Morgan fingerprint density at radius 3 is 2.54 bits per heavy atom. The third kappa shape index (κ3) is 4.72. The molecule has 1 aromatic carbocycles. The van der Waals surface area contributed by atoms with Crippen molar-refractivity contribution in [1.29, 1.82) is 0 Å². The smallest absolute Gasteiger partial charge is 0.358 e. The van der Waals surface area contributed by atoms with Crippen LogP contribution in [0.25, 0.3) is 10.6 Å². The van der Waals surface area contributed by atoms with Crippen molar-refractivity contribution in [2.45, 2.75) is 12.8 Å². The van der Waals surface area contributed by atoms with Crippen LogP contribution in [0.4, 0.5) is 4.39 Å². The number of carbonyl (C=O) groups is 3. The number of piperidine rings is 1. The van der Waals surface area contributed by atoms with Crippen LogP contribution in [0.3, 0.4) is 0 Å². The summed E-state index contributed by atoms with van der Waals surface area (Å²) in [5.74, 6) is -1.82. The van der Waals surface area contributed by atoms with Crippen molar-refractivity contribution in [3.8, 4) is 10.6 Å². The molecular weight excluding hydrogens is 387 g/mol. The number of likely N-dealkylation sites (tertiary alicyclic amines) is 1. The SMILES string of the molecule is COC(=O)C1CCN(C(=O)COC(=O)c2csc(-c3ccc(F)cc3)n2)CC1. The molecular formula is C19H19FN2O5S. The summed E-state index contributed by atoms with van der Waals surface area (Å²) in [5, 5.41) is 2.09. The van der Waals surface area contributed by atoms with Crippen LogP contribution >= 0.6 is 11.3 Å². The molecule has 1 aromatic heterocycles. The van der Waals surface area contributed by atoms with Gasteiger partial charge in [-0.1, -0.05) is 0 Å². The van der Waals surface area contributed by atoms with Gasteiger partial charge in [0, 0.05) is 24.0 Å². The van der Waals surface area contributed by atoms with Crippen molar-refractivity contribution < 1.29 is 28.2 Å². The van der Waals surface area contributed by atoms with Gasteiger partial charge < -0.3 is 14.4 Å². The van der Waals surface area contributed by atoms with E-state index >= 15 is 0 Å². The van der Waals surface area contributed by atoms with E-state index in [9.17, 15) is 18.8 Å². The molecule has 7 nitrogen and oxygen atoms in total. The first-order valence-corrected chi connectivity index (χ1v) is 9.60. The maximum Gasteiger partial charge on any atom is 0.358 e. The molecule has 1 aliphatic heterocycles. The molecule has 0 N–H and O–H groups in total. The van der Waals surface area contributed by atoms with Crippen LogP contribution in [0.5, 0.6) is 0 Å². The second-order valence-corrected chi connectivity index (χ2v) is 7.16. The Hall–Kier alpha value is -2.81. The normalized spacial score (nSPS) is 14.6. The first kappa shape index (κ1) is 19.9. The summed E-state index contributed by atoms with van der Waals surface area (Å²) in [6.45, 7) is 0.453. The number of nitrogens with zero attached hydrogens (tertiary/aromatic N) is 2. The lowest BCUT2D eigenvalue weighted by Crippen LogP contribution is -2.42. The fourth-order valence-corrected chi connectivity index (χ4v) is 3.71. The van der Waals surface area contributed by atoms with E-state index in [1.165, 1.54) is 36.0 Å². The van der Waals surface area contributed by atoms with Gasteiger partial charge >= 0.3 is 11.9 Å². The van der Waals surface area contributed by atoms with Crippen LogP contribution in [0.1, 0.15) is 23.3 Å². The van der Waals surface area contributed by atoms with Crippen molar-refractivity contribution in [2.24, 2.45) is 5.92 Å². The first-order valence-electron chi connectivity index (χ1n) is 8.72. The second-order valence-electron chi connectivity index (χ2n) is 6.30. The van der Waals surface area contributed by atoms with E-state index in [1.54, 1.807) is 17.0 Å². The number of hydrogen-bond donors (Lipinski definition) is 0. The molecule has 0 aliphatic carbocycles. The quantitative estimate of drug-likeness (QED) is 0.710. The Morgan fingerprint density at radius 1 is 1.21 bits per heavy atom. The maximum absolute atomic E-state index is 13.0. The van der Waals surface area contributed by atoms with E-state index in [2.05, 4.69) is 4.98 Å². The fourth-order valence-electron chi connectivity index (χ4n) is 2.92. The van der Waals surface area contributed by atoms with Crippen molar-refractivity contribution in [3.05, 3.63) is 41.2 Å². The molecule has 9 heteroatoms. The number of ether oxygens (including phenoxy) is 2. The molecule has 0 atom stereocenters. The van der Waals surface area contributed by atoms with E-state index in [-0.39, 0.29) is 35.9 Å². The van der Waals surface area contributed by atoms with Crippen LogP contribution in [0.2, 0.25) is 0 Å². The molecule has 0 saturated carbocycles. The molecule has 1 saturated heterocycles. The van der Waals surface area contributed by atoms with Gasteiger partial charge in [0.1, 0.15) is 10.8 Å². The minimum atomic E-state index is -0.692. The third-order valence-electron chi connectivity index (χ3n) is 4.51. The van der Waals surface area contributed by atoms with Gasteiger partial charge in [-0.15, -0.1) is 11.3 Å². The number of amides is 1. The van der Waals surface area contributed by atoms with Gasteiger partial charge in [0.25, 0.3) is 5.91 Å². The minimum absolute atomic E-state index is 0.0986. The fraction of sp³-hybridized carbons (Fsp3) is 0.368. The summed E-state index contributed by atoms with van der Waals surface area (Å²) in [5.41, 5.74) is 0.788. The highest BCUT2D eigenvalue weighted by Crippen LogP contribution is 2.24. The highest BCUT2D eigenvalue weighted by atomic mass is 32.1. The summed E-state index contributed by atoms with van der Waals surface area (Å²) in [6.07, 6.45) is 1.05. The lowest BCUT2D eigenvalue weighted by molar-refractivity contribution is -0.149. The predicted molar refractivity (Wildman–Crippen MR) is 99.1 cm³/mol. The van der Waals surface area contributed by atoms with Gasteiger partial charge in [0.2, 0.25) is 0 Å². The van der Waals surface area contributed by atoms with Crippen molar-refractivity contribution in [2.75, 3.05) is 26.8 Å². The molecule has 3 rings (SSSR count). The molecule has 148 valence electrons. The Bertz CT molecular complexity index is 859. The topological polar surface area (TPSA) is 85.8 Å². The summed E-state index contributed by atoms with van der Waals surface area (Å²) in [4.78, 5) is 41.6. The van der Waals surface area contributed by atoms with Gasteiger partial charge in [-0.05, 0) is 37.1 Å². The number of esters is 2. The van der Waals surface area contributed by atoms with Crippen molar-refractivity contribution >= 4 is 29.2 Å². The number of aromatic nitrogens is 1. The molecule has 1 amide bonds. The van der Waals surface area contributed by atoms with Crippen LogP contribution in [0, 0.1) is 11.7 Å². The zero-order valence-electron chi connectivity index (χ0n) is 15.2. The standard InChI is InChI=1S/C19H19FN2O5S/c1-26-18(24)13-6-8-22(9-7-13)16(23)10-27-19(25)15-11-28-17(21-15)12-2-4-14(20)5-3-12/h2-5,11,13H,6-10H2,1H3. The van der Waals surface area contributed by atoms with Crippen LogP contribution < -0.4 is 0 Å². The lowest BCUT2D eigenvalue weighted by Gasteiger charge is -2.30. The number of hydrogen-bond acceptors (Lipinski definition) is 7. The van der Waals surface area contributed by atoms with Crippen LogP contribution in [-0.2, 0) is 19.1 Å². The number of halogens is 1. The van der Waals surface area contributed by atoms with Gasteiger partial charge in [0.15, 0.2) is 12.3 Å². The van der Waals surface area contributed by atoms with E-state index in [0.29, 0.717) is 36.5 Å². The number of thiazole rings is 1. The van der Waals surface area contributed by atoms with Crippen LogP contribution in [-0.4, -0.2) is 54.5 Å². The minimum Gasteiger partial charge on any atom is -0.469 e. The zero-order chi connectivity index (χ0) is 20.1. The molecule has 1 fully saturated rings. The second kappa shape index (κ2) is 8.92. The number of benzene rings is 1. The maximum atomic E-state index is 13.0. The van der Waals surface area contributed by atoms with Gasteiger partial charge in [-0.3, -0.25) is 9.59 Å². The number of rotatable bonds is 5. The van der Waals surface area contributed by atoms with E-state index < -0.39 is 5.97 Å². The third-order valence-corrected chi connectivity index (χ3v) is 5.40. The van der Waals surface area contributed by atoms with Gasteiger partial charge in [0.05, 0.1) is 13.0 Å². The van der Waals surface area contributed by atoms with Gasteiger partial charge in [-0.25, -0.2) is 14.2 Å². The average Bonchev–Trinajstić information content (AvgIpc) is 3.22. The molecule has 0 bridgehead atoms. The van der Waals surface area contributed by atoms with E-state index in [0.717, 1.165) is 0 Å². The molecule has 0 unspecified atom stereocenters. The molecule has 2 aromatic rings. The lowest BCUT2D eigenvalue weighted by atomic mass is 9.97. The van der Waals surface area contributed by atoms with Crippen molar-refractivity contribution in [1.82, 2.24) is 9.88 Å². The molecule has 0 radical (unpaired) electrons. The molecule has 0 spiro atoms. The Kier molecular flexibility index (Phi) is 6.35. The van der Waals surface area contributed by atoms with Gasteiger partial charge in [-0.2, -0.15) is 0 Å². The molecule has 2 heterocycles. The summed E-state index contributed by atoms with van der Waals surface area (Å²) in [7, 11) is 1.35. The largest absolute Gasteiger partial charge is 0.469 e. The Balaban J connectivity index is 1.50. The number of methoxy groups -OCH3 is 1. The predicted octanol–water partition coefficient (Wildman–Crippen LogP) is 2.52. The highest BCUT2D eigenvalue weighted by molar-refractivity contribution is 7.13.